The average molecular weight is 457 g/mol. The van der Waals surface area contributed by atoms with Gasteiger partial charge in [0.15, 0.2) is 9.84 Å². The number of amides is 1. The van der Waals surface area contributed by atoms with Crippen LogP contribution in [0.2, 0.25) is 0 Å². The molecule has 2 N–H and O–H groups in total. The molecule has 3 rings (SSSR count). The third kappa shape index (κ3) is 10.6. The summed E-state index contributed by atoms with van der Waals surface area (Å²) < 4.78 is 27.9. The number of likely N-dealkylation sites (N-methyl/N-ethyl adjacent to an activating group) is 1. The molecule has 1 aromatic carbocycles. The van der Waals surface area contributed by atoms with Crippen LogP contribution >= 0.6 is 0 Å². The van der Waals surface area contributed by atoms with Gasteiger partial charge in [0.25, 0.3) is 0 Å². The molecular formula is C22H40N4O4S. The van der Waals surface area contributed by atoms with Gasteiger partial charge in [0.05, 0.1) is 18.1 Å². The van der Waals surface area contributed by atoms with E-state index in [2.05, 4.69) is 16.8 Å². The van der Waals surface area contributed by atoms with Crippen molar-refractivity contribution < 1.29 is 17.9 Å². The molecule has 31 heavy (non-hydrogen) atoms. The van der Waals surface area contributed by atoms with Gasteiger partial charge in [-0.3, -0.25) is 9.69 Å². The first-order valence-corrected chi connectivity index (χ1v) is 12.9. The molecule has 2 aliphatic rings. The maximum absolute atomic E-state index is 11.3. The number of carbonyl (C=O) groups is 1. The van der Waals surface area contributed by atoms with Crippen LogP contribution < -0.4 is 5.73 Å². The monoisotopic (exact) mass is 456 g/mol. The number of hydrogen-bond acceptors (Lipinski definition) is 7. The fourth-order valence-electron chi connectivity index (χ4n) is 3.20. The minimum Gasteiger partial charge on any atom is -0.379 e. The second kappa shape index (κ2) is 14.5. The number of benzene rings is 1. The number of ether oxygens (including phenoxy) is 1. The number of rotatable bonds is 5. The van der Waals surface area contributed by atoms with E-state index in [0.717, 1.165) is 64.6 Å². The first-order chi connectivity index (χ1) is 14.8. The van der Waals surface area contributed by atoms with Gasteiger partial charge in [0.1, 0.15) is 0 Å². The Balaban J connectivity index is 0.000000303. The topological polar surface area (TPSA) is 96.2 Å². The van der Waals surface area contributed by atoms with Crippen LogP contribution in [0.15, 0.2) is 29.2 Å². The fourth-order valence-corrected chi connectivity index (χ4v) is 3.83. The lowest BCUT2D eigenvalue weighted by atomic mass is 10.2. The summed E-state index contributed by atoms with van der Waals surface area (Å²) in [4.78, 5) is 18.1. The first-order valence-electron chi connectivity index (χ1n) is 11.0. The molecule has 1 aromatic rings. The second-order valence-electron chi connectivity index (χ2n) is 7.53. The molecule has 0 spiro atoms. The van der Waals surface area contributed by atoms with Crippen LogP contribution in [0.1, 0.15) is 25.8 Å². The maximum atomic E-state index is 11.3. The van der Waals surface area contributed by atoms with Gasteiger partial charge in [-0.1, -0.05) is 26.0 Å². The van der Waals surface area contributed by atoms with Gasteiger partial charge in [0.2, 0.25) is 5.91 Å². The van der Waals surface area contributed by atoms with Gasteiger partial charge in [-0.25, -0.2) is 8.42 Å². The largest absolute Gasteiger partial charge is 0.379 e. The summed E-state index contributed by atoms with van der Waals surface area (Å²) in [6.07, 6.45) is 1.72. The van der Waals surface area contributed by atoms with Crippen molar-refractivity contribution in [1.82, 2.24) is 14.7 Å². The lowest BCUT2D eigenvalue weighted by Crippen LogP contribution is -2.47. The lowest BCUT2D eigenvalue weighted by Gasteiger charge is -2.32. The Morgan fingerprint density at radius 1 is 1.00 bits per heavy atom. The zero-order chi connectivity index (χ0) is 23.3. The van der Waals surface area contributed by atoms with Crippen molar-refractivity contribution >= 4 is 15.7 Å². The zero-order valence-electron chi connectivity index (χ0n) is 19.5. The Labute approximate surface area is 188 Å². The second-order valence-corrected chi connectivity index (χ2v) is 9.54. The number of piperazine rings is 1. The van der Waals surface area contributed by atoms with E-state index < -0.39 is 9.84 Å². The highest BCUT2D eigenvalue weighted by molar-refractivity contribution is 7.90. The highest BCUT2D eigenvalue weighted by Gasteiger charge is 2.17. The standard InChI is InChI=1S/C12H17NO3S.C8H17N3O.C2H6/c1-17(14,15)12-4-2-11(3-5-12)10-13-6-8-16-9-7-13;1-10-4-6-11(7-5-10)8(12)2-3-9;1-2/h2-5H,6-10H2,1H3;2-7,9H2,1H3;1-2H3. The molecule has 9 heteroatoms. The summed E-state index contributed by atoms with van der Waals surface area (Å²) in [7, 11) is -1.01. The summed E-state index contributed by atoms with van der Waals surface area (Å²) in [6, 6.07) is 7.11. The molecule has 2 fully saturated rings. The van der Waals surface area contributed by atoms with Crippen molar-refractivity contribution in [2.45, 2.75) is 31.7 Å². The van der Waals surface area contributed by atoms with Crippen LogP contribution in [-0.4, -0.2) is 101 Å². The summed E-state index contributed by atoms with van der Waals surface area (Å²) >= 11 is 0. The number of nitrogens with two attached hydrogens (primary N) is 1. The molecular weight excluding hydrogens is 416 g/mol. The predicted molar refractivity (Wildman–Crippen MR) is 125 cm³/mol. The minimum absolute atomic E-state index is 0.200. The van der Waals surface area contributed by atoms with Crippen molar-refractivity contribution in [3.63, 3.8) is 0 Å². The third-order valence-corrected chi connectivity index (χ3v) is 6.20. The lowest BCUT2D eigenvalue weighted by molar-refractivity contribution is -0.132. The normalized spacial score (nSPS) is 17.8. The first kappa shape index (κ1) is 27.5. The van der Waals surface area contributed by atoms with Crippen molar-refractivity contribution in [2.24, 2.45) is 5.73 Å². The average Bonchev–Trinajstić information content (AvgIpc) is 2.77. The minimum atomic E-state index is -3.09. The Morgan fingerprint density at radius 2 is 1.55 bits per heavy atom. The van der Waals surface area contributed by atoms with Crippen LogP contribution in [0, 0.1) is 0 Å². The Kier molecular flexibility index (Phi) is 12.9. The van der Waals surface area contributed by atoms with Crippen molar-refractivity contribution in [3.8, 4) is 0 Å². The molecule has 0 atom stereocenters. The highest BCUT2D eigenvalue weighted by Crippen LogP contribution is 2.12. The Morgan fingerprint density at radius 3 is 2.03 bits per heavy atom. The van der Waals surface area contributed by atoms with E-state index in [-0.39, 0.29) is 5.91 Å². The van der Waals surface area contributed by atoms with Crippen molar-refractivity contribution in [2.75, 3.05) is 72.3 Å². The van der Waals surface area contributed by atoms with Crippen molar-refractivity contribution in [3.05, 3.63) is 29.8 Å². The van der Waals surface area contributed by atoms with Gasteiger partial charge in [-0.15, -0.1) is 0 Å². The van der Waals surface area contributed by atoms with Gasteiger partial charge in [0, 0.05) is 65.0 Å². The third-order valence-electron chi connectivity index (χ3n) is 5.08. The van der Waals surface area contributed by atoms with Crippen LogP contribution in [0.3, 0.4) is 0 Å². The summed E-state index contributed by atoms with van der Waals surface area (Å²) in [5, 5.41) is 0. The van der Waals surface area contributed by atoms with Gasteiger partial charge in [-0.05, 0) is 24.7 Å². The summed E-state index contributed by atoms with van der Waals surface area (Å²) in [5.74, 6) is 0.200. The molecule has 8 nitrogen and oxygen atoms in total. The van der Waals surface area contributed by atoms with Crippen LogP contribution in [0.4, 0.5) is 0 Å². The fraction of sp³-hybridized carbons (Fsp3) is 0.682. The molecule has 2 heterocycles. The molecule has 2 aliphatic heterocycles. The highest BCUT2D eigenvalue weighted by atomic mass is 32.2. The number of sulfone groups is 1. The zero-order valence-corrected chi connectivity index (χ0v) is 20.4. The van der Waals surface area contributed by atoms with E-state index in [1.807, 2.05) is 30.9 Å². The van der Waals surface area contributed by atoms with E-state index in [0.29, 0.717) is 17.9 Å². The van der Waals surface area contributed by atoms with Gasteiger partial charge >= 0.3 is 0 Å². The maximum Gasteiger partial charge on any atom is 0.223 e. The van der Waals surface area contributed by atoms with Crippen LogP contribution in [0.25, 0.3) is 0 Å². The number of nitrogens with zero attached hydrogens (tertiary/aromatic N) is 3. The molecule has 1 amide bonds. The summed E-state index contributed by atoms with van der Waals surface area (Å²) in [5.41, 5.74) is 6.44. The van der Waals surface area contributed by atoms with E-state index in [1.54, 1.807) is 12.1 Å². The van der Waals surface area contributed by atoms with E-state index in [9.17, 15) is 13.2 Å². The van der Waals surface area contributed by atoms with Crippen LogP contribution in [0.5, 0.6) is 0 Å². The molecule has 0 saturated carbocycles. The number of hydrogen-bond donors (Lipinski definition) is 1. The molecule has 0 aliphatic carbocycles. The Hall–Kier alpha value is -1.52. The van der Waals surface area contributed by atoms with Gasteiger partial charge < -0.3 is 20.3 Å². The molecule has 0 unspecified atom stereocenters. The van der Waals surface area contributed by atoms with Crippen LogP contribution in [-0.2, 0) is 25.9 Å². The molecule has 0 radical (unpaired) electrons. The van der Waals surface area contributed by atoms with E-state index in [4.69, 9.17) is 10.5 Å². The number of morpholine rings is 1. The molecule has 2 saturated heterocycles. The van der Waals surface area contributed by atoms with Gasteiger partial charge in [-0.2, -0.15) is 0 Å². The molecule has 0 aromatic heterocycles. The summed E-state index contributed by atoms with van der Waals surface area (Å²) in [6.45, 7) is 12.4. The molecule has 178 valence electrons. The molecule has 0 bridgehead atoms. The predicted octanol–water partition coefficient (Wildman–Crippen LogP) is 1.06. The smallest absolute Gasteiger partial charge is 0.223 e. The number of carbonyl (C=O) groups excluding carboxylic acids is 1. The SMILES string of the molecule is CC.CN1CCN(C(=O)CCN)CC1.CS(=O)(=O)c1ccc(CN2CCOCC2)cc1. The Bertz CT molecular complexity index is 726. The van der Waals surface area contributed by atoms with E-state index in [1.165, 1.54) is 6.26 Å². The quantitative estimate of drug-likeness (QED) is 0.708. The van der Waals surface area contributed by atoms with E-state index >= 15 is 0 Å². The van der Waals surface area contributed by atoms with Crippen molar-refractivity contribution in [1.29, 1.82) is 0 Å².